The first-order chi connectivity index (χ1) is 9.63. The van der Waals surface area contributed by atoms with Crippen molar-refractivity contribution >= 4 is 0 Å². The van der Waals surface area contributed by atoms with Crippen LogP contribution in [0.2, 0.25) is 0 Å². The van der Waals surface area contributed by atoms with Crippen LogP contribution in [0.4, 0.5) is 0 Å². The van der Waals surface area contributed by atoms with E-state index in [9.17, 15) is 0 Å². The van der Waals surface area contributed by atoms with Gasteiger partial charge in [0.25, 0.3) is 0 Å². The van der Waals surface area contributed by atoms with Crippen molar-refractivity contribution in [2.75, 3.05) is 13.1 Å². The molecule has 0 radical (unpaired) electrons. The van der Waals surface area contributed by atoms with E-state index < -0.39 is 0 Å². The Kier molecular flexibility index (Phi) is 8.79. The highest BCUT2D eigenvalue weighted by atomic mass is 15.2. The molecule has 0 heterocycles. The molecule has 1 saturated carbocycles. The second-order valence-electron chi connectivity index (χ2n) is 6.93. The molecule has 1 rings (SSSR count). The highest BCUT2D eigenvalue weighted by Gasteiger charge is 2.31. The molecule has 20 heavy (non-hydrogen) atoms. The second kappa shape index (κ2) is 9.78. The molecule has 2 nitrogen and oxygen atoms in total. The third-order valence-corrected chi connectivity index (χ3v) is 4.86. The third kappa shape index (κ3) is 5.37. The molecule has 1 aliphatic rings. The van der Waals surface area contributed by atoms with Crippen molar-refractivity contribution < 1.29 is 0 Å². The zero-order valence-corrected chi connectivity index (χ0v) is 14.6. The van der Waals surface area contributed by atoms with Crippen molar-refractivity contribution in [3.63, 3.8) is 0 Å². The maximum atomic E-state index is 3.79. The predicted molar refractivity (Wildman–Crippen MR) is 90.3 cm³/mol. The van der Waals surface area contributed by atoms with E-state index in [0.717, 1.165) is 24.5 Å². The van der Waals surface area contributed by atoms with E-state index in [1.165, 1.54) is 51.5 Å². The number of rotatable bonds is 8. The average molecular weight is 283 g/mol. The molecular formula is C18H38N2. The Morgan fingerprint density at radius 2 is 1.65 bits per heavy atom. The molecule has 1 N–H and O–H groups in total. The van der Waals surface area contributed by atoms with Crippen LogP contribution < -0.4 is 5.32 Å². The minimum absolute atomic E-state index is 0.710. The number of hydrogen-bond donors (Lipinski definition) is 1. The Morgan fingerprint density at radius 1 is 1.00 bits per heavy atom. The lowest BCUT2D eigenvalue weighted by Gasteiger charge is -2.42. The molecule has 2 heteroatoms. The van der Waals surface area contributed by atoms with Gasteiger partial charge in [0.1, 0.15) is 0 Å². The van der Waals surface area contributed by atoms with Crippen molar-refractivity contribution in [1.82, 2.24) is 10.2 Å². The van der Waals surface area contributed by atoms with Gasteiger partial charge in [-0.3, -0.25) is 4.90 Å². The summed E-state index contributed by atoms with van der Waals surface area (Å²) >= 11 is 0. The van der Waals surface area contributed by atoms with Crippen LogP contribution in [0.1, 0.15) is 79.6 Å². The van der Waals surface area contributed by atoms with Crippen LogP contribution in [0.25, 0.3) is 0 Å². The molecule has 0 bridgehead atoms. The van der Waals surface area contributed by atoms with Crippen LogP contribution in [0, 0.1) is 5.92 Å². The fraction of sp³-hybridized carbons (Fsp3) is 1.00. The number of nitrogens with one attached hydrogen (secondary N) is 1. The lowest BCUT2D eigenvalue weighted by Crippen LogP contribution is -2.54. The molecule has 0 aromatic carbocycles. The Morgan fingerprint density at radius 3 is 2.20 bits per heavy atom. The summed E-state index contributed by atoms with van der Waals surface area (Å²) in [6.45, 7) is 14.1. The minimum atomic E-state index is 0.710. The Labute approximate surface area is 127 Å². The van der Waals surface area contributed by atoms with Crippen molar-refractivity contribution in [2.45, 2.75) is 97.7 Å². The Hall–Kier alpha value is -0.0800. The summed E-state index contributed by atoms with van der Waals surface area (Å²) < 4.78 is 0. The minimum Gasteiger partial charge on any atom is -0.313 e. The van der Waals surface area contributed by atoms with Gasteiger partial charge in [0.15, 0.2) is 0 Å². The summed E-state index contributed by atoms with van der Waals surface area (Å²) in [5.41, 5.74) is 0. The van der Waals surface area contributed by atoms with E-state index in [1.54, 1.807) is 0 Å². The van der Waals surface area contributed by atoms with E-state index in [4.69, 9.17) is 0 Å². The standard InChI is InChI=1S/C18H38N2/c1-6-16(7-2)20(14-15(4)5)18-13-11-9-10-12-17(18)19-8-3/h15-19H,6-14H2,1-5H3. The average Bonchev–Trinajstić information content (AvgIpc) is 2.64. The summed E-state index contributed by atoms with van der Waals surface area (Å²) in [6, 6.07) is 2.23. The number of nitrogens with zero attached hydrogens (tertiary/aromatic N) is 1. The van der Waals surface area contributed by atoms with Crippen LogP contribution in [-0.4, -0.2) is 36.1 Å². The topological polar surface area (TPSA) is 15.3 Å². The van der Waals surface area contributed by atoms with E-state index in [2.05, 4.69) is 44.8 Å². The molecule has 1 fully saturated rings. The molecule has 0 aliphatic heterocycles. The Bertz CT molecular complexity index is 236. The number of likely N-dealkylation sites (N-methyl/N-ethyl adjacent to an activating group) is 1. The third-order valence-electron chi connectivity index (χ3n) is 4.86. The summed E-state index contributed by atoms with van der Waals surface area (Å²) in [5.74, 6) is 0.765. The lowest BCUT2D eigenvalue weighted by molar-refractivity contribution is 0.0794. The molecule has 0 saturated heterocycles. The van der Waals surface area contributed by atoms with Crippen molar-refractivity contribution in [3.05, 3.63) is 0 Å². The van der Waals surface area contributed by atoms with Crippen LogP contribution >= 0.6 is 0 Å². The summed E-state index contributed by atoms with van der Waals surface area (Å²) in [4.78, 5) is 2.86. The van der Waals surface area contributed by atoms with Crippen LogP contribution in [-0.2, 0) is 0 Å². The summed E-state index contributed by atoms with van der Waals surface area (Å²) in [5, 5.41) is 3.79. The lowest BCUT2D eigenvalue weighted by atomic mass is 9.96. The van der Waals surface area contributed by atoms with Crippen molar-refractivity contribution in [3.8, 4) is 0 Å². The highest BCUT2D eigenvalue weighted by molar-refractivity contribution is 4.89. The summed E-state index contributed by atoms with van der Waals surface area (Å²) in [6.07, 6.45) is 9.59. The summed E-state index contributed by atoms with van der Waals surface area (Å²) in [7, 11) is 0. The Balaban J connectivity index is 2.86. The SMILES string of the molecule is CCNC1CCCCCC1N(CC(C)C)C(CC)CC. The van der Waals surface area contributed by atoms with E-state index in [-0.39, 0.29) is 0 Å². The monoisotopic (exact) mass is 282 g/mol. The first-order valence-electron chi connectivity index (χ1n) is 9.13. The van der Waals surface area contributed by atoms with Gasteiger partial charge in [0.05, 0.1) is 0 Å². The fourth-order valence-corrected chi connectivity index (χ4v) is 3.92. The van der Waals surface area contributed by atoms with Crippen molar-refractivity contribution in [1.29, 1.82) is 0 Å². The van der Waals surface area contributed by atoms with Gasteiger partial charge in [0, 0.05) is 24.7 Å². The zero-order chi connectivity index (χ0) is 15.0. The molecule has 120 valence electrons. The highest BCUT2D eigenvalue weighted by Crippen LogP contribution is 2.26. The molecule has 0 aromatic heterocycles. The normalized spacial score (nSPS) is 24.6. The smallest absolute Gasteiger partial charge is 0.0252 e. The quantitative estimate of drug-likeness (QED) is 0.662. The van der Waals surface area contributed by atoms with E-state index in [1.807, 2.05) is 0 Å². The molecule has 1 aliphatic carbocycles. The van der Waals surface area contributed by atoms with Crippen LogP contribution in [0.15, 0.2) is 0 Å². The van der Waals surface area contributed by atoms with Gasteiger partial charge in [-0.1, -0.05) is 53.9 Å². The van der Waals surface area contributed by atoms with Gasteiger partial charge in [-0.05, 0) is 38.1 Å². The molecular weight excluding hydrogens is 244 g/mol. The van der Waals surface area contributed by atoms with Gasteiger partial charge in [-0.25, -0.2) is 0 Å². The van der Waals surface area contributed by atoms with Crippen LogP contribution in [0.5, 0.6) is 0 Å². The van der Waals surface area contributed by atoms with E-state index in [0.29, 0.717) is 6.04 Å². The van der Waals surface area contributed by atoms with Gasteiger partial charge in [-0.15, -0.1) is 0 Å². The van der Waals surface area contributed by atoms with Gasteiger partial charge in [-0.2, -0.15) is 0 Å². The maximum absolute atomic E-state index is 3.79. The second-order valence-corrected chi connectivity index (χ2v) is 6.93. The zero-order valence-electron chi connectivity index (χ0n) is 14.6. The van der Waals surface area contributed by atoms with Gasteiger partial charge >= 0.3 is 0 Å². The largest absolute Gasteiger partial charge is 0.313 e. The fourth-order valence-electron chi connectivity index (χ4n) is 3.92. The molecule has 0 spiro atoms. The maximum Gasteiger partial charge on any atom is 0.0252 e. The van der Waals surface area contributed by atoms with E-state index >= 15 is 0 Å². The first kappa shape index (κ1) is 18.0. The van der Waals surface area contributed by atoms with Crippen LogP contribution in [0.3, 0.4) is 0 Å². The predicted octanol–water partition coefficient (Wildman–Crippen LogP) is 4.44. The number of hydrogen-bond acceptors (Lipinski definition) is 2. The molecule has 0 aromatic rings. The molecule has 2 atom stereocenters. The molecule has 2 unspecified atom stereocenters. The van der Waals surface area contributed by atoms with Gasteiger partial charge in [0.2, 0.25) is 0 Å². The van der Waals surface area contributed by atoms with Gasteiger partial charge < -0.3 is 5.32 Å². The van der Waals surface area contributed by atoms with Crippen molar-refractivity contribution in [2.24, 2.45) is 5.92 Å². The first-order valence-corrected chi connectivity index (χ1v) is 9.13. The molecule has 0 amide bonds.